The van der Waals surface area contributed by atoms with E-state index in [1.165, 1.54) is 5.01 Å². The summed E-state index contributed by atoms with van der Waals surface area (Å²) in [6.45, 7) is 2.10. The van der Waals surface area contributed by atoms with E-state index in [4.69, 9.17) is 0 Å². The zero-order valence-corrected chi connectivity index (χ0v) is 11.8. The topological polar surface area (TPSA) is 61.8 Å². The second-order valence-electron chi connectivity index (χ2n) is 4.75. The Morgan fingerprint density at radius 1 is 1.30 bits per heavy atom. The minimum absolute atomic E-state index is 0.00227. The molecule has 0 unspecified atom stereocenters. The van der Waals surface area contributed by atoms with Crippen molar-refractivity contribution < 1.29 is 9.59 Å². The molecule has 0 saturated heterocycles. The minimum Gasteiger partial charge on any atom is -0.355 e. The van der Waals surface area contributed by atoms with Crippen molar-refractivity contribution in [3.05, 3.63) is 29.8 Å². The molecule has 0 saturated carbocycles. The van der Waals surface area contributed by atoms with E-state index in [9.17, 15) is 9.59 Å². The average Bonchev–Trinajstić information content (AvgIpc) is 2.49. The average molecular weight is 273 g/mol. The lowest BCUT2D eigenvalue weighted by Crippen LogP contribution is -2.31. The molecule has 5 heteroatoms. The van der Waals surface area contributed by atoms with Gasteiger partial charge in [-0.15, -0.1) is 0 Å². The van der Waals surface area contributed by atoms with E-state index in [1.807, 2.05) is 0 Å². The van der Waals surface area contributed by atoms with Crippen LogP contribution >= 0.6 is 0 Å². The highest BCUT2D eigenvalue weighted by Gasteiger charge is 2.21. The van der Waals surface area contributed by atoms with Crippen LogP contribution in [0, 0.1) is 0 Å². The Kier molecular flexibility index (Phi) is 4.50. The number of hydrogen-bond donors (Lipinski definition) is 1. The monoisotopic (exact) mass is 273 g/mol. The lowest BCUT2D eigenvalue weighted by Gasteiger charge is -2.23. The molecule has 0 fully saturated rings. The predicted octanol–water partition coefficient (Wildman–Crippen LogP) is 2.33. The van der Waals surface area contributed by atoms with Gasteiger partial charge < -0.3 is 5.32 Å². The van der Waals surface area contributed by atoms with Crippen LogP contribution in [0.4, 0.5) is 5.69 Å². The molecule has 2 rings (SSSR count). The summed E-state index contributed by atoms with van der Waals surface area (Å²) in [5, 5.41) is 8.43. The summed E-state index contributed by atoms with van der Waals surface area (Å²) >= 11 is 0. The van der Waals surface area contributed by atoms with Crippen LogP contribution in [0.5, 0.6) is 0 Å². The molecule has 0 aliphatic carbocycles. The maximum Gasteiger partial charge on any atom is 0.251 e. The van der Waals surface area contributed by atoms with Gasteiger partial charge >= 0.3 is 0 Å². The number of amides is 2. The molecule has 106 valence electrons. The Hall–Kier alpha value is -2.17. The number of carbonyl (C=O) groups is 2. The highest BCUT2D eigenvalue weighted by molar-refractivity contribution is 6.02. The molecule has 1 aromatic rings. The van der Waals surface area contributed by atoms with E-state index >= 15 is 0 Å². The largest absolute Gasteiger partial charge is 0.355 e. The van der Waals surface area contributed by atoms with Gasteiger partial charge in [-0.3, -0.25) is 9.59 Å². The van der Waals surface area contributed by atoms with Gasteiger partial charge in [-0.1, -0.05) is 13.3 Å². The fraction of sp³-hybridized carbons (Fsp3) is 0.400. The van der Waals surface area contributed by atoms with Gasteiger partial charge in [0.05, 0.1) is 5.69 Å². The van der Waals surface area contributed by atoms with Gasteiger partial charge in [-0.05, 0) is 37.1 Å². The molecule has 0 bridgehead atoms. The fourth-order valence-corrected chi connectivity index (χ4v) is 2.17. The van der Waals surface area contributed by atoms with Crippen LogP contribution in [-0.4, -0.2) is 24.6 Å². The highest BCUT2D eigenvalue weighted by atomic mass is 16.2. The third kappa shape index (κ3) is 3.04. The van der Waals surface area contributed by atoms with Gasteiger partial charge in [-0.2, -0.15) is 5.10 Å². The molecule has 1 N–H and O–H groups in total. The molecule has 20 heavy (non-hydrogen) atoms. The molecule has 0 aromatic heterocycles. The number of rotatable bonds is 4. The summed E-state index contributed by atoms with van der Waals surface area (Å²) < 4.78 is 0. The van der Waals surface area contributed by atoms with E-state index in [0.717, 1.165) is 25.0 Å². The Morgan fingerprint density at radius 2 is 2.00 bits per heavy atom. The third-order valence-electron chi connectivity index (χ3n) is 3.24. The van der Waals surface area contributed by atoms with Crippen LogP contribution in [-0.2, 0) is 4.79 Å². The number of anilines is 1. The molecule has 0 radical (unpaired) electrons. The summed E-state index contributed by atoms with van der Waals surface area (Å²) in [6, 6.07) is 6.90. The maximum atomic E-state index is 12.0. The first-order valence-electron chi connectivity index (χ1n) is 6.87. The van der Waals surface area contributed by atoms with Crippen LogP contribution in [0.3, 0.4) is 0 Å². The number of nitrogens with zero attached hydrogens (tertiary/aromatic N) is 2. The first kappa shape index (κ1) is 14.2. The van der Waals surface area contributed by atoms with Gasteiger partial charge in [0.1, 0.15) is 0 Å². The zero-order chi connectivity index (χ0) is 14.5. The van der Waals surface area contributed by atoms with Crippen molar-refractivity contribution in [2.24, 2.45) is 5.10 Å². The fourth-order valence-electron chi connectivity index (χ4n) is 2.17. The Morgan fingerprint density at radius 3 is 2.60 bits per heavy atom. The Labute approximate surface area is 118 Å². The van der Waals surface area contributed by atoms with Gasteiger partial charge in [0, 0.05) is 24.7 Å². The minimum atomic E-state index is -0.142. The maximum absolute atomic E-state index is 12.0. The normalized spacial score (nSPS) is 15.0. The van der Waals surface area contributed by atoms with E-state index < -0.39 is 0 Å². The van der Waals surface area contributed by atoms with Crippen molar-refractivity contribution >= 4 is 23.2 Å². The van der Waals surface area contributed by atoms with E-state index in [2.05, 4.69) is 17.3 Å². The van der Waals surface area contributed by atoms with Crippen molar-refractivity contribution in [3.63, 3.8) is 0 Å². The van der Waals surface area contributed by atoms with Gasteiger partial charge in [0.25, 0.3) is 5.91 Å². The van der Waals surface area contributed by atoms with E-state index in [0.29, 0.717) is 17.7 Å². The highest BCUT2D eigenvalue weighted by Crippen LogP contribution is 2.21. The van der Waals surface area contributed by atoms with Crippen LogP contribution < -0.4 is 10.3 Å². The molecule has 1 heterocycles. The van der Waals surface area contributed by atoms with Crippen molar-refractivity contribution in [2.45, 2.75) is 32.6 Å². The first-order chi connectivity index (χ1) is 9.65. The molecule has 0 atom stereocenters. The summed E-state index contributed by atoms with van der Waals surface area (Å²) in [6.07, 6.45) is 3.19. The van der Waals surface area contributed by atoms with Gasteiger partial charge in [-0.25, -0.2) is 5.01 Å². The van der Waals surface area contributed by atoms with Crippen LogP contribution in [0.25, 0.3) is 0 Å². The Balaban J connectivity index is 2.23. The first-order valence-corrected chi connectivity index (χ1v) is 6.87. The summed E-state index contributed by atoms with van der Waals surface area (Å²) in [4.78, 5) is 23.4. The molecule has 1 aromatic carbocycles. The molecule has 2 amide bonds. The second kappa shape index (κ2) is 6.32. The van der Waals surface area contributed by atoms with Crippen LogP contribution in [0.2, 0.25) is 0 Å². The van der Waals surface area contributed by atoms with E-state index in [-0.39, 0.29) is 11.8 Å². The van der Waals surface area contributed by atoms with Crippen LogP contribution in [0.15, 0.2) is 29.4 Å². The van der Waals surface area contributed by atoms with Crippen molar-refractivity contribution in [2.75, 3.05) is 12.1 Å². The molecule has 5 nitrogen and oxygen atoms in total. The second-order valence-corrected chi connectivity index (χ2v) is 4.75. The number of benzene rings is 1. The number of hydrogen-bond acceptors (Lipinski definition) is 3. The lowest BCUT2D eigenvalue weighted by atomic mass is 10.1. The number of carbonyl (C=O) groups excluding carboxylic acids is 2. The molecule has 1 aliphatic rings. The quantitative estimate of drug-likeness (QED) is 0.915. The zero-order valence-electron chi connectivity index (χ0n) is 11.8. The lowest BCUT2D eigenvalue weighted by molar-refractivity contribution is -0.118. The van der Waals surface area contributed by atoms with Gasteiger partial charge in [0.15, 0.2) is 0 Å². The molecular formula is C15H19N3O2. The SMILES string of the molecule is CCCC1=NN(c2ccc(C(=O)NC)cc2)C(=O)CC1. The number of nitrogens with one attached hydrogen (secondary N) is 1. The third-order valence-corrected chi connectivity index (χ3v) is 3.24. The summed E-state index contributed by atoms with van der Waals surface area (Å²) in [5.41, 5.74) is 2.33. The van der Waals surface area contributed by atoms with Crippen molar-refractivity contribution in [3.8, 4) is 0 Å². The molecule has 1 aliphatic heterocycles. The predicted molar refractivity (Wildman–Crippen MR) is 78.9 cm³/mol. The summed E-state index contributed by atoms with van der Waals surface area (Å²) in [5.74, 6) is -0.144. The van der Waals surface area contributed by atoms with Crippen molar-refractivity contribution in [1.82, 2.24) is 5.32 Å². The summed E-state index contributed by atoms with van der Waals surface area (Å²) in [7, 11) is 1.59. The van der Waals surface area contributed by atoms with Gasteiger partial charge in [0.2, 0.25) is 5.91 Å². The smallest absolute Gasteiger partial charge is 0.251 e. The van der Waals surface area contributed by atoms with Crippen LogP contribution in [0.1, 0.15) is 43.0 Å². The van der Waals surface area contributed by atoms with Crippen molar-refractivity contribution in [1.29, 1.82) is 0 Å². The Bertz CT molecular complexity index is 535. The van der Waals surface area contributed by atoms with E-state index in [1.54, 1.807) is 31.3 Å². The standard InChI is InChI=1S/C15H19N3O2/c1-3-4-12-7-10-14(19)18(17-12)13-8-5-11(6-9-13)15(20)16-2/h5-6,8-9H,3-4,7,10H2,1-2H3,(H,16,20). The number of hydrazone groups is 1. The molecular weight excluding hydrogens is 254 g/mol. The molecule has 0 spiro atoms.